The summed E-state index contributed by atoms with van der Waals surface area (Å²) in [6.45, 7) is 3.45. The first-order valence-corrected chi connectivity index (χ1v) is 8.13. The maximum Gasteiger partial charge on any atom is 0.226 e. The van der Waals surface area contributed by atoms with Gasteiger partial charge in [0.2, 0.25) is 11.8 Å². The minimum absolute atomic E-state index is 0.113. The lowest BCUT2D eigenvalue weighted by Crippen LogP contribution is -2.32. The van der Waals surface area contributed by atoms with E-state index in [1.165, 1.54) is 11.8 Å². The fourth-order valence-electron chi connectivity index (χ4n) is 2.44. The summed E-state index contributed by atoms with van der Waals surface area (Å²) in [7, 11) is 0. The van der Waals surface area contributed by atoms with Gasteiger partial charge in [0.05, 0.1) is 11.3 Å². The van der Waals surface area contributed by atoms with Crippen LogP contribution in [0.3, 0.4) is 0 Å². The first-order chi connectivity index (χ1) is 11.9. The molecule has 0 aliphatic rings. The Kier molecular flexibility index (Phi) is 6.15. The van der Waals surface area contributed by atoms with E-state index in [0.717, 1.165) is 5.56 Å². The lowest BCUT2D eigenvalue weighted by atomic mass is 10.1. The number of benzene rings is 2. The average molecular weight is 356 g/mol. The molecule has 0 aromatic heterocycles. The fourth-order valence-corrected chi connectivity index (χ4v) is 2.67. The fraction of sp³-hybridized carbons (Fsp3) is 0.211. The summed E-state index contributed by atoms with van der Waals surface area (Å²) < 4.78 is 0. The van der Waals surface area contributed by atoms with Crippen LogP contribution in [0.2, 0.25) is 5.02 Å². The third kappa shape index (κ3) is 4.82. The third-order valence-corrected chi connectivity index (χ3v) is 3.96. The monoisotopic (exact) mass is 355 g/mol. The summed E-state index contributed by atoms with van der Waals surface area (Å²) in [5.41, 5.74) is 2.44. The van der Waals surface area contributed by atoms with Crippen LogP contribution in [0.5, 0.6) is 0 Å². The molecule has 2 rings (SSSR count). The summed E-state index contributed by atoms with van der Waals surface area (Å²) >= 11 is 5.90. The molecular formula is C19H18ClN3O2. The highest BCUT2D eigenvalue weighted by molar-refractivity contribution is 6.30. The van der Waals surface area contributed by atoms with Crippen molar-refractivity contribution < 1.29 is 9.59 Å². The van der Waals surface area contributed by atoms with Crippen LogP contribution in [-0.4, -0.2) is 18.4 Å². The number of aryl methyl sites for hydroxylation is 1. The number of anilines is 2. The Labute approximate surface area is 151 Å². The maximum absolute atomic E-state index is 12.2. The number of hydrogen-bond donors (Lipinski definition) is 1. The normalized spacial score (nSPS) is 10.0. The van der Waals surface area contributed by atoms with Crippen LogP contribution in [0.1, 0.15) is 24.5 Å². The zero-order valence-electron chi connectivity index (χ0n) is 14.0. The smallest absolute Gasteiger partial charge is 0.226 e. The van der Waals surface area contributed by atoms with Gasteiger partial charge in [-0.15, -0.1) is 0 Å². The second kappa shape index (κ2) is 8.32. The number of hydrogen-bond acceptors (Lipinski definition) is 3. The molecule has 25 heavy (non-hydrogen) atoms. The Bertz CT molecular complexity index is 843. The van der Waals surface area contributed by atoms with Crippen LogP contribution in [0.4, 0.5) is 11.4 Å². The topological polar surface area (TPSA) is 73.2 Å². The number of para-hydroxylation sites is 1. The molecule has 0 radical (unpaired) electrons. The summed E-state index contributed by atoms with van der Waals surface area (Å²) in [5, 5.41) is 12.6. The summed E-state index contributed by atoms with van der Waals surface area (Å²) in [4.78, 5) is 25.6. The molecule has 0 aliphatic carbocycles. The zero-order chi connectivity index (χ0) is 18.4. The Balaban J connectivity index is 2.07. The van der Waals surface area contributed by atoms with Crippen LogP contribution in [0.25, 0.3) is 0 Å². The molecule has 128 valence electrons. The molecule has 2 amide bonds. The van der Waals surface area contributed by atoms with Gasteiger partial charge in [0.15, 0.2) is 0 Å². The third-order valence-electron chi connectivity index (χ3n) is 3.72. The minimum Gasteiger partial charge on any atom is -0.326 e. The van der Waals surface area contributed by atoms with Gasteiger partial charge in [0.25, 0.3) is 0 Å². The maximum atomic E-state index is 12.2. The summed E-state index contributed by atoms with van der Waals surface area (Å²) in [5.74, 6) is -0.440. The van der Waals surface area contributed by atoms with Crippen LogP contribution >= 0.6 is 11.6 Å². The van der Waals surface area contributed by atoms with Gasteiger partial charge in [-0.3, -0.25) is 9.59 Å². The molecule has 0 fully saturated rings. The molecule has 1 N–H and O–H groups in total. The number of carbonyl (C=O) groups is 2. The van der Waals surface area contributed by atoms with Crippen LogP contribution in [0, 0.1) is 18.3 Å². The van der Waals surface area contributed by atoms with Gasteiger partial charge in [-0.1, -0.05) is 23.7 Å². The number of rotatable bonds is 5. The Hall–Kier alpha value is -2.84. The van der Waals surface area contributed by atoms with E-state index >= 15 is 0 Å². The van der Waals surface area contributed by atoms with E-state index in [1.807, 2.05) is 6.92 Å². The van der Waals surface area contributed by atoms with Crippen molar-refractivity contribution >= 4 is 34.8 Å². The molecule has 2 aromatic carbocycles. The molecule has 6 heteroatoms. The lowest BCUT2D eigenvalue weighted by Gasteiger charge is -2.22. The standard InChI is InChI=1S/C19H18ClN3O2/c1-13-11-16(20)7-8-17(13)22-19(25)9-10-23(14(2)24)18-6-4-3-5-15(18)12-21/h3-8,11H,9-10H2,1-2H3,(H,22,25). The Morgan fingerprint density at radius 1 is 1.24 bits per heavy atom. The van der Waals surface area contributed by atoms with Crippen molar-refractivity contribution in [3.05, 3.63) is 58.6 Å². The van der Waals surface area contributed by atoms with Crippen molar-refractivity contribution in [2.24, 2.45) is 0 Å². The largest absolute Gasteiger partial charge is 0.326 e. The van der Waals surface area contributed by atoms with Crippen LogP contribution < -0.4 is 10.2 Å². The zero-order valence-corrected chi connectivity index (χ0v) is 14.8. The first-order valence-electron chi connectivity index (χ1n) is 7.75. The van der Waals surface area contributed by atoms with E-state index < -0.39 is 0 Å². The van der Waals surface area contributed by atoms with Crippen molar-refractivity contribution in [1.29, 1.82) is 5.26 Å². The van der Waals surface area contributed by atoms with E-state index in [1.54, 1.807) is 42.5 Å². The van der Waals surface area contributed by atoms with Gasteiger partial charge >= 0.3 is 0 Å². The van der Waals surface area contributed by atoms with E-state index in [0.29, 0.717) is 22.0 Å². The lowest BCUT2D eigenvalue weighted by molar-refractivity contribution is -0.117. The SMILES string of the molecule is CC(=O)N(CCC(=O)Nc1ccc(Cl)cc1C)c1ccccc1C#N. The van der Waals surface area contributed by atoms with Crippen LogP contribution in [-0.2, 0) is 9.59 Å². The van der Waals surface area contributed by atoms with Crippen molar-refractivity contribution in [1.82, 2.24) is 0 Å². The van der Waals surface area contributed by atoms with Gasteiger partial charge < -0.3 is 10.2 Å². The van der Waals surface area contributed by atoms with E-state index in [2.05, 4.69) is 11.4 Å². The number of nitrogens with one attached hydrogen (secondary N) is 1. The molecule has 0 atom stereocenters. The van der Waals surface area contributed by atoms with Crippen molar-refractivity contribution in [3.8, 4) is 6.07 Å². The van der Waals surface area contributed by atoms with Gasteiger partial charge in [0, 0.05) is 30.6 Å². The van der Waals surface area contributed by atoms with Crippen LogP contribution in [0.15, 0.2) is 42.5 Å². The number of nitrogens with zero attached hydrogens (tertiary/aromatic N) is 2. The predicted octanol–water partition coefficient (Wildman–Crippen LogP) is 3.90. The molecule has 0 saturated carbocycles. The van der Waals surface area contributed by atoms with Crippen molar-refractivity contribution in [2.45, 2.75) is 20.3 Å². The second-order valence-corrected chi connectivity index (χ2v) is 5.99. The number of halogens is 1. The molecule has 0 heterocycles. The first kappa shape index (κ1) is 18.5. The molecule has 5 nitrogen and oxygen atoms in total. The number of nitriles is 1. The van der Waals surface area contributed by atoms with Gasteiger partial charge in [0.1, 0.15) is 6.07 Å². The second-order valence-electron chi connectivity index (χ2n) is 5.56. The molecule has 2 aromatic rings. The molecular weight excluding hydrogens is 338 g/mol. The predicted molar refractivity (Wildman–Crippen MR) is 98.6 cm³/mol. The molecule has 0 spiro atoms. The quantitative estimate of drug-likeness (QED) is 0.883. The molecule has 0 aliphatic heterocycles. The average Bonchev–Trinajstić information content (AvgIpc) is 2.57. The molecule has 0 unspecified atom stereocenters. The highest BCUT2D eigenvalue weighted by Gasteiger charge is 2.16. The molecule has 0 bridgehead atoms. The van der Waals surface area contributed by atoms with E-state index in [-0.39, 0.29) is 24.8 Å². The number of carbonyl (C=O) groups excluding carboxylic acids is 2. The molecule has 0 saturated heterocycles. The highest BCUT2D eigenvalue weighted by atomic mass is 35.5. The van der Waals surface area contributed by atoms with Crippen molar-refractivity contribution in [2.75, 3.05) is 16.8 Å². The van der Waals surface area contributed by atoms with Gasteiger partial charge in [-0.25, -0.2) is 0 Å². The minimum atomic E-state index is -0.224. The number of amides is 2. The summed E-state index contributed by atoms with van der Waals surface area (Å²) in [6.07, 6.45) is 0.113. The summed E-state index contributed by atoms with van der Waals surface area (Å²) in [6, 6.07) is 14.1. The van der Waals surface area contributed by atoms with Gasteiger partial charge in [-0.05, 0) is 42.8 Å². The van der Waals surface area contributed by atoms with E-state index in [4.69, 9.17) is 11.6 Å². The van der Waals surface area contributed by atoms with Crippen molar-refractivity contribution in [3.63, 3.8) is 0 Å². The highest BCUT2D eigenvalue weighted by Crippen LogP contribution is 2.21. The Morgan fingerprint density at radius 3 is 2.60 bits per heavy atom. The Morgan fingerprint density at radius 2 is 1.96 bits per heavy atom. The van der Waals surface area contributed by atoms with E-state index in [9.17, 15) is 14.9 Å². The van der Waals surface area contributed by atoms with Gasteiger partial charge in [-0.2, -0.15) is 5.26 Å².